The number of hydrogen-bond acceptors (Lipinski definition) is 3. The zero-order valence-corrected chi connectivity index (χ0v) is 15.4. The molecule has 4 aliphatic carbocycles. The molecule has 0 spiro atoms. The zero-order chi connectivity index (χ0) is 16.9. The van der Waals surface area contributed by atoms with Crippen LogP contribution in [-0.2, 0) is 9.53 Å². The van der Waals surface area contributed by atoms with Gasteiger partial charge in [-0.2, -0.15) is 0 Å². The van der Waals surface area contributed by atoms with Crippen LogP contribution in [0, 0.1) is 35.0 Å². The van der Waals surface area contributed by atoms with Crippen LogP contribution >= 0.6 is 0 Å². The lowest BCUT2D eigenvalue weighted by atomic mass is 9.50. The molecular weight excluding hydrogens is 300 g/mol. The van der Waals surface area contributed by atoms with Gasteiger partial charge in [-0.15, -0.1) is 0 Å². The summed E-state index contributed by atoms with van der Waals surface area (Å²) in [5, 5.41) is 10.9. The number of Topliss-reactive ketones (excluding diaryl/α,β-unsaturated/α-hetero) is 1. The van der Waals surface area contributed by atoms with E-state index in [0.717, 1.165) is 56.3 Å². The molecule has 0 unspecified atom stereocenters. The molecule has 3 nitrogen and oxygen atoms in total. The minimum Gasteiger partial charge on any atom is -0.387 e. The van der Waals surface area contributed by atoms with Crippen molar-refractivity contribution in [3.8, 4) is 0 Å². The van der Waals surface area contributed by atoms with E-state index in [1.54, 1.807) is 0 Å². The molecule has 3 heteroatoms. The summed E-state index contributed by atoms with van der Waals surface area (Å²) in [6.45, 7) is 5.46. The van der Waals surface area contributed by atoms with Gasteiger partial charge in [0.1, 0.15) is 5.78 Å². The number of rotatable bonds is 3. The Balaban J connectivity index is 1.48. The van der Waals surface area contributed by atoms with E-state index in [1.807, 2.05) is 6.92 Å². The average molecular weight is 335 g/mol. The summed E-state index contributed by atoms with van der Waals surface area (Å²) in [4.78, 5) is 12.4. The molecule has 4 aliphatic rings. The van der Waals surface area contributed by atoms with Crippen molar-refractivity contribution in [2.45, 2.75) is 77.2 Å². The highest BCUT2D eigenvalue weighted by molar-refractivity contribution is 5.87. The van der Waals surface area contributed by atoms with E-state index in [9.17, 15) is 9.90 Å². The van der Waals surface area contributed by atoms with Crippen LogP contribution in [0.2, 0.25) is 0 Å². The minimum atomic E-state index is -0.587. The maximum absolute atomic E-state index is 12.4. The normalized spacial score (nSPS) is 51.0. The SMILES string of the molecule is CCOC[C@@]1(O)CC[C@H]2[C@H](CC[C@@H]3[C@@H]2CC[C@]2(C)C(=O)CC[C@@H]32)C1. The monoisotopic (exact) mass is 334 g/mol. The highest BCUT2D eigenvalue weighted by atomic mass is 16.5. The zero-order valence-electron chi connectivity index (χ0n) is 15.4. The van der Waals surface area contributed by atoms with E-state index >= 15 is 0 Å². The molecular formula is C21H34O3. The van der Waals surface area contributed by atoms with Gasteiger partial charge >= 0.3 is 0 Å². The topological polar surface area (TPSA) is 46.5 Å². The summed E-state index contributed by atoms with van der Waals surface area (Å²) in [6, 6.07) is 0. The van der Waals surface area contributed by atoms with Crippen LogP contribution in [0.15, 0.2) is 0 Å². The summed E-state index contributed by atoms with van der Waals surface area (Å²) in [5.74, 6) is 4.23. The fourth-order valence-corrected chi connectivity index (χ4v) is 7.16. The van der Waals surface area contributed by atoms with Crippen molar-refractivity contribution in [3.63, 3.8) is 0 Å². The first-order valence-electron chi connectivity index (χ1n) is 10.3. The highest BCUT2D eigenvalue weighted by Crippen LogP contribution is 2.61. The van der Waals surface area contributed by atoms with Crippen molar-refractivity contribution in [3.05, 3.63) is 0 Å². The van der Waals surface area contributed by atoms with Gasteiger partial charge < -0.3 is 9.84 Å². The molecule has 4 fully saturated rings. The van der Waals surface area contributed by atoms with E-state index in [2.05, 4.69) is 6.92 Å². The fraction of sp³-hybridized carbons (Fsp3) is 0.952. The van der Waals surface area contributed by atoms with Crippen LogP contribution < -0.4 is 0 Å². The molecule has 136 valence electrons. The van der Waals surface area contributed by atoms with Crippen LogP contribution in [0.5, 0.6) is 0 Å². The first-order valence-corrected chi connectivity index (χ1v) is 10.3. The van der Waals surface area contributed by atoms with Gasteiger partial charge in [0.2, 0.25) is 0 Å². The van der Waals surface area contributed by atoms with Crippen LogP contribution in [0.4, 0.5) is 0 Å². The van der Waals surface area contributed by atoms with Gasteiger partial charge in [0, 0.05) is 18.4 Å². The Kier molecular flexibility index (Phi) is 4.32. The second kappa shape index (κ2) is 6.09. The lowest BCUT2D eigenvalue weighted by Crippen LogP contribution is -2.52. The molecule has 1 N–H and O–H groups in total. The molecule has 0 amide bonds. The molecule has 0 aromatic rings. The van der Waals surface area contributed by atoms with Crippen molar-refractivity contribution >= 4 is 5.78 Å². The van der Waals surface area contributed by atoms with Gasteiger partial charge in [0.25, 0.3) is 0 Å². The fourth-order valence-electron chi connectivity index (χ4n) is 7.16. The van der Waals surface area contributed by atoms with Crippen molar-refractivity contribution < 1.29 is 14.6 Å². The second-order valence-corrected chi connectivity index (χ2v) is 9.46. The third kappa shape index (κ3) is 2.58. The standard InChI is InChI=1S/C21H34O3/c1-3-24-13-21(23)11-9-15-14(12-21)4-5-17-16(15)8-10-20(2)18(17)6-7-19(20)22/h14-18,23H,3-13H2,1-2H3/t14-,15+,16-,17-,18+,20+,21-/m1/s1. The second-order valence-electron chi connectivity index (χ2n) is 9.46. The highest BCUT2D eigenvalue weighted by Gasteiger charge is 2.57. The van der Waals surface area contributed by atoms with Gasteiger partial charge in [-0.3, -0.25) is 4.79 Å². The van der Waals surface area contributed by atoms with E-state index in [-0.39, 0.29) is 5.41 Å². The van der Waals surface area contributed by atoms with Gasteiger partial charge in [-0.25, -0.2) is 0 Å². The quantitative estimate of drug-likeness (QED) is 0.849. The molecule has 0 aromatic carbocycles. The maximum Gasteiger partial charge on any atom is 0.139 e. The molecule has 4 rings (SSSR count). The average Bonchev–Trinajstić information content (AvgIpc) is 2.88. The van der Waals surface area contributed by atoms with Crippen LogP contribution in [-0.4, -0.2) is 29.7 Å². The van der Waals surface area contributed by atoms with Crippen LogP contribution in [0.1, 0.15) is 71.6 Å². The smallest absolute Gasteiger partial charge is 0.139 e. The Hall–Kier alpha value is -0.410. The van der Waals surface area contributed by atoms with E-state index < -0.39 is 5.60 Å². The Morgan fingerprint density at radius 3 is 2.67 bits per heavy atom. The van der Waals surface area contributed by atoms with Crippen molar-refractivity contribution in [2.75, 3.05) is 13.2 Å². The number of aliphatic hydroxyl groups is 1. The minimum absolute atomic E-state index is 0.00161. The molecule has 0 saturated heterocycles. The predicted octanol–water partition coefficient (Wildman–Crippen LogP) is 3.98. The Morgan fingerprint density at radius 2 is 1.88 bits per heavy atom. The lowest BCUT2D eigenvalue weighted by Gasteiger charge is -2.55. The van der Waals surface area contributed by atoms with Gasteiger partial charge in [-0.1, -0.05) is 6.92 Å². The van der Waals surface area contributed by atoms with E-state index in [1.165, 1.54) is 19.3 Å². The van der Waals surface area contributed by atoms with E-state index in [0.29, 0.717) is 30.8 Å². The van der Waals surface area contributed by atoms with Crippen LogP contribution in [0.3, 0.4) is 0 Å². The van der Waals surface area contributed by atoms with E-state index in [4.69, 9.17) is 4.74 Å². The number of carbonyl (C=O) groups excluding carboxylic acids is 1. The Bertz CT molecular complexity index is 503. The number of hydrogen-bond donors (Lipinski definition) is 1. The summed E-state index contributed by atoms with van der Waals surface area (Å²) >= 11 is 0. The van der Waals surface area contributed by atoms with Crippen molar-refractivity contribution in [1.82, 2.24) is 0 Å². The summed E-state index contributed by atoms with van der Waals surface area (Å²) in [7, 11) is 0. The Morgan fingerprint density at radius 1 is 1.08 bits per heavy atom. The molecule has 0 radical (unpaired) electrons. The summed E-state index contributed by atoms with van der Waals surface area (Å²) in [6.07, 6.45) is 9.85. The van der Waals surface area contributed by atoms with Crippen molar-refractivity contribution in [2.24, 2.45) is 35.0 Å². The molecule has 0 bridgehead atoms. The van der Waals surface area contributed by atoms with Gasteiger partial charge in [-0.05, 0) is 87.9 Å². The van der Waals surface area contributed by atoms with Gasteiger partial charge in [0.15, 0.2) is 0 Å². The first-order chi connectivity index (χ1) is 11.5. The number of ether oxygens (including phenoxy) is 1. The third-order valence-corrected chi connectivity index (χ3v) is 8.39. The lowest BCUT2D eigenvalue weighted by molar-refractivity contribution is -0.139. The molecule has 0 heterocycles. The number of fused-ring (bicyclic) bond motifs is 5. The molecule has 24 heavy (non-hydrogen) atoms. The summed E-state index contributed by atoms with van der Waals surface area (Å²) in [5.41, 5.74) is -0.588. The van der Waals surface area contributed by atoms with Gasteiger partial charge in [0.05, 0.1) is 12.2 Å². The number of ketones is 1. The van der Waals surface area contributed by atoms with Crippen LogP contribution in [0.25, 0.3) is 0 Å². The number of carbonyl (C=O) groups is 1. The molecule has 0 aromatic heterocycles. The molecule has 4 saturated carbocycles. The maximum atomic E-state index is 12.4. The molecule has 0 aliphatic heterocycles. The summed E-state index contributed by atoms with van der Waals surface area (Å²) < 4.78 is 5.56. The predicted molar refractivity (Wildman–Crippen MR) is 93.6 cm³/mol. The third-order valence-electron chi connectivity index (χ3n) is 8.39. The first kappa shape index (κ1) is 17.0. The van der Waals surface area contributed by atoms with Crippen molar-refractivity contribution in [1.29, 1.82) is 0 Å². The Labute approximate surface area is 146 Å². The molecule has 7 atom stereocenters. The largest absolute Gasteiger partial charge is 0.387 e.